The number of aryl methyl sites for hydroxylation is 3. The number of carbonyl (C=O) groups excluding carboxylic acids is 1. The van der Waals surface area contributed by atoms with E-state index in [1.807, 2.05) is 37.3 Å². The van der Waals surface area contributed by atoms with Crippen molar-refractivity contribution < 1.29 is 13.2 Å². The molecular weight excluding hydrogens is 420 g/mol. The van der Waals surface area contributed by atoms with Crippen LogP contribution in [-0.4, -0.2) is 31.7 Å². The first-order valence-electron chi connectivity index (χ1n) is 11.3. The summed E-state index contributed by atoms with van der Waals surface area (Å²) in [7, 11) is -3.39. The Morgan fingerprint density at radius 1 is 1.00 bits per heavy atom. The summed E-state index contributed by atoms with van der Waals surface area (Å²) < 4.78 is 27.3. The third kappa shape index (κ3) is 4.05. The second kappa shape index (κ2) is 8.34. The number of hydrogen-bond donors (Lipinski definition) is 1. The Labute approximate surface area is 189 Å². The van der Waals surface area contributed by atoms with Crippen LogP contribution in [0.15, 0.2) is 54.6 Å². The molecule has 166 valence electrons. The lowest BCUT2D eigenvalue weighted by atomic mass is 9.96. The van der Waals surface area contributed by atoms with E-state index in [0.717, 1.165) is 35.0 Å². The monoisotopic (exact) mass is 448 g/mol. The van der Waals surface area contributed by atoms with E-state index in [1.54, 1.807) is 0 Å². The van der Waals surface area contributed by atoms with Crippen LogP contribution >= 0.6 is 0 Å². The molecule has 1 fully saturated rings. The van der Waals surface area contributed by atoms with E-state index in [1.165, 1.54) is 20.8 Å². The molecule has 0 spiro atoms. The minimum absolute atomic E-state index is 0.00617. The lowest BCUT2D eigenvalue weighted by Gasteiger charge is -2.30. The highest BCUT2D eigenvalue weighted by Crippen LogP contribution is 2.35. The molecule has 3 aromatic carbocycles. The van der Waals surface area contributed by atoms with Gasteiger partial charge in [0.1, 0.15) is 0 Å². The van der Waals surface area contributed by atoms with Gasteiger partial charge in [-0.25, -0.2) is 12.7 Å². The van der Waals surface area contributed by atoms with Crippen LogP contribution in [0.25, 0.3) is 10.8 Å². The Kier molecular flexibility index (Phi) is 5.51. The van der Waals surface area contributed by atoms with Gasteiger partial charge in [-0.1, -0.05) is 54.1 Å². The van der Waals surface area contributed by atoms with Crippen molar-refractivity contribution in [2.75, 3.05) is 18.4 Å². The molecule has 0 saturated carbocycles. The number of rotatable bonds is 5. The third-order valence-electron chi connectivity index (χ3n) is 6.78. The molecule has 0 atom stereocenters. The van der Waals surface area contributed by atoms with Crippen LogP contribution in [0.2, 0.25) is 0 Å². The van der Waals surface area contributed by atoms with Crippen molar-refractivity contribution in [3.05, 3.63) is 76.9 Å². The van der Waals surface area contributed by atoms with Crippen molar-refractivity contribution in [1.82, 2.24) is 4.31 Å². The Morgan fingerprint density at radius 3 is 2.47 bits per heavy atom. The average molecular weight is 449 g/mol. The molecule has 3 aromatic rings. The van der Waals surface area contributed by atoms with Gasteiger partial charge >= 0.3 is 0 Å². The summed E-state index contributed by atoms with van der Waals surface area (Å²) in [5.74, 6) is -0.186. The van der Waals surface area contributed by atoms with E-state index in [9.17, 15) is 13.2 Å². The first-order valence-corrected chi connectivity index (χ1v) is 12.9. The second-order valence-corrected chi connectivity index (χ2v) is 11.0. The van der Waals surface area contributed by atoms with E-state index in [0.29, 0.717) is 25.9 Å². The van der Waals surface area contributed by atoms with E-state index in [-0.39, 0.29) is 17.6 Å². The van der Waals surface area contributed by atoms with Gasteiger partial charge in [0, 0.05) is 30.1 Å². The summed E-state index contributed by atoms with van der Waals surface area (Å²) in [5.41, 5.74) is 5.40. The van der Waals surface area contributed by atoms with Crippen LogP contribution in [0.4, 0.5) is 5.69 Å². The van der Waals surface area contributed by atoms with Crippen molar-refractivity contribution in [2.45, 2.75) is 38.4 Å². The van der Waals surface area contributed by atoms with E-state index < -0.39 is 10.0 Å². The van der Waals surface area contributed by atoms with Crippen LogP contribution in [0.3, 0.4) is 0 Å². The van der Waals surface area contributed by atoms with Gasteiger partial charge in [0.15, 0.2) is 0 Å². The van der Waals surface area contributed by atoms with Crippen molar-refractivity contribution in [1.29, 1.82) is 0 Å². The summed E-state index contributed by atoms with van der Waals surface area (Å²) in [6, 6.07) is 18.0. The highest BCUT2D eigenvalue weighted by Gasteiger charge is 2.31. The van der Waals surface area contributed by atoms with Crippen LogP contribution in [0, 0.1) is 12.8 Å². The smallest absolute Gasteiger partial charge is 0.227 e. The van der Waals surface area contributed by atoms with Crippen LogP contribution in [0.1, 0.15) is 35.1 Å². The number of anilines is 1. The summed E-state index contributed by atoms with van der Waals surface area (Å²) in [5, 5.41) is 5.51. The van der Waals surface area contributed by atoms with Gasteiger partial charge in [-0.15, -0.1) is 0 Å². The molecule has 5 nitrogen and oxygen atoms in total. The predicted molar refractivity (Wildman–Crippen MR) is 128 cm³/mol. The number of hydrogen-bond acceptors (Lipinski definition) is 3. The summed E-state index contributed by atoms with van der Waals surface area (Å²) in [6.45, 7) is 2.73. The Balaban J connectivity index is 1.24. The summed E-state index contributed by atoms with van der Waals surface area (Å²) >= 11 is 0. The first-order chi connectivity index (χ1) is 15.4. The quantitative estimate of drug-likeness (QED) is 0.628. The molecule has 0 aromatic heterocycles. The Bertz CT molecular complexity index is 1280. The fourth-order valence-corrected chi connectivity index (χ4v) is 6.64. The maximum Gasteiger partial charge on any atom is 0.227 e. The molecule has 6 heteroatoms. The molecule has 1 aliphatic heterocycles. The van der Waals surface area contributed by atoms with Crippen LogP contribution in [-0.2, 0) is 33.4 Å². The zero-order chi connectivity index (χ0) is 22.3. The largest absolute Gasteiger partial charge is 0.325 e. The van der Waals surface area contributed by atoms with Gasteiger partial charge in [0.05, 0.1) is 5.75 Å². The first kappa shape index (κ1) is 21.2. The fraction of sp³-hybridized carbons (Fsp3) is 0.346. The highest BCUT2D eigenvalue weighted by atomic mass is 32.2. The normalized spacial score (nSPS) is 17.0. The minimum Gasteiger partial charge on any atom is -0.325 e. The molecule has 1 N–H and O–H groups in total. The predicted octanol–water partition coefficient (Wildman–Crippen LogP) is 4.43. The maximum atomic E-state index is 13.0. The van der Waals surface area contributed by atoms with Gasteiger partial charge in [-0.3, -0.25) is 4.79 Å². The molecule has 0 unspecified atom stereocenters. The van der Waals surface area contributed by atoms with Crippen LogP contribution in [0.5, 0.6) is 0 Å². The average Bonchev–Trinajstić information content (AvgIpc) is 3.20. The maximum absolute atomic E-state index is 13.0. The van der Waals surface area contributed by atoms with Crippen molar-refractivity contribution >= 4 is 32.4 Å². The molecule has 0 bridgehead atoms. The Morgan fingerprint density at radius 2 is 1.72 bits per heavy atom. The van der Waals surface area contributed by atoms with Gasteiger partial charge in [-0.05, 0) is 60.7 Å². The topological polar surface area (TPSA) is 66.5 Å². The van der Waals surface area contributed by atoms with Crippen molar-refractivity contribution in [3.63, 3.8) is 0 Å². The van der Waals surface area contributed by atoms with Crippen LogP contribution < -0.4 is 5.32 Å². The number of amides is 1. The number of benzene rings is 3. The van der Waals surface area contributed by atoms with Crippen molar-refractivity contribution in [2.24, 2.45) is 5.92 Å². The number of carbonyl (C=O) groups is 1. The van der Waals surface area contributed by atoms with E-state index >= 15 is 0 Å². The molecule has 5 rings (SSSR count). The SMILES string of the molecule is Cc1cccc(CS(=O)(=O)N2CCC(C(=O)Nc3ccc4c5c(cccc35)CC4)CC2)c1. The highest BCUT2D eigenvalue weighted by molar-refractivity contribution is 7.88. The molecule has 32 heavy (non-hydrogen) atoms. The number of nitrogens with one attached hydrogen (secondary N) is 1. The molecule has 1 heterocycles. The lowest BCUT2D eigenvalue weighted by molar-refractivity contribution is -0.120. The third-order valence-corrected chi connectivity index (χ3v) is 8.63. The fourth-order valence-electron chi connectivity index (χ4n) is 5.09. The number of piperidine rings is 1. The van der Waals surface area contributed by atoms with E-state index in [2.05, 4.69) is 29.6 Å². The molecule has 1 aliphatic carbocycles. The molecular formula is C26H28N2O3S. The number of nitrogens with zero attached hydrogens (tertiary/aromatic N) is 1. The van der Waals surface area contributed by atoms with Gasteiger partial charge in [0.2, 0.25) is 15.9 Å². The summed E-state index contributed by atoms with van der Waals surface area (Å²) in [4.78, 5) is 13.0. The molecule has 0 radical (unpaired) electrons. The Hall–Kier alpha value is -2.70. The number of sulfonamides is 1. The van der Waals surface area contributed by atoms with Gasteiger partial charge < -0.3 is 5.32 Å². The summed E-state index contributed by atoms with van der Waals surface area (Å²) in [6.07, 6.45) is 3.19. The molecule has 2 aliphatic rings. The van der Waals surface area contributed by atoms with E-state index in [4.69, 9.17) is 0 Å². The van der Waals surface area contributed by atoms with Gasteiger partial charge in [-0.2, -0.15) is 0 Å². The zero-order valence-electron chi connectivity index (χ0n) is 18.3. The minimum atomic E-state index is -3.39. The molecule has 1 saturated heterocycles. The standard InChI is InChI=1S/C26H28N2O3S/c1-18-4-2-5-19(16-18)17-32(30,31)28-14-12-22(13-15-28)26(29)27-24-11-10-21-9-8-20-6-3-7-23(24)25(20)21/h2-7,10-11,16,22H,8-9,12-15,17H2,1H3,(H,27,29). The van der Waals surface area contributed by atoms with Crippen molar-refractivity contribution in [3.8, 4) is 0 Å². The molecule has 1 amide bonds. The zero-order valence-corrected chi connectivity index (χ0v) is 19.1. The van der Waals surface area contributed by atoms with Gasteiger partial charge in [0.25, 0.3) is 0 Å². The lowest BCUT2D eigenvalue weighted by Crippen LogP contribution is -2.41. The second-order valence-electron chi connectivity index (χ2n) is 9.02.